The summed E-state index contributed by atoms with van der Waals surface area (Å²) in [7, 11) is 1.31. The van der Waals surface area contributed by atoms with E-state index in [1.165, 1.54) is 7.11 Å². The Bertz CT molecular complexity index is 1250. The maximum absolute atomic E-state index is 13.4. The third-order valence-electron chi connectivity index (χ3n) is 4.69. The van der Waals surface area contributed by atoms with Crippen molar-refractivity contribution < 1.29 is 9.53 Å². The molecule has 2 aromatic heterocycles. The molecule has 0 atom stereocenters. The lowest BCUT2D eigenvalue weighted by molar-refractivity contribution is 0.170. The summed E-state index contributed by atoms with van der Waals surface area (Å²) in [4.78, 5) is 33.7. The van der Waals surface area contributed by atoms with Crippen LogP contribution in [0, 0.1) is 0 Å². The third-order valence-corrected chi connectivity index (χ3v) is 4.69. The number of nitrogens with zero attached hydrogens (tertiary/aromatic N) is 3. The van der Waals surface area contributed by atoms with E-state index in [4.69, 9.17) is 0 Å². The fraction of sp³-hybridized carbons (Fsp3) is 0.130. The molecular weight excluding hydrogens is 380 g/mol. The quantitative estimate of drug-likeness (QED) is 0.556. The number of rotatable bonds is 5. The molecule has 1 amide bonds. The Hall–Kier alpha value is -4.00. The lowest BCUT2D eigenvalue weighted by atomic mass is 10.1. The third kappa shape index (κ3) is 4.05. The first-order valence-electron chi connectivity index (χ1n) is 9.47. The van der Waals surface area contributed by atoms with Crippen molar-refractivity contribution in [2.45, 2.75) is 13.0 Å². The number of benzene rings is 2. The van der Waals surface area contributed by atoms with Gasteiger partial charge in [-0.2, -0.15) is 0 Å². The van der Waals surface area contributed by atoms with Gasteiger partial charge in [-0.25, -0.2) is 14.8 Å². The van der Waals surface area contributed by atoms with Gasteiger partial charge in [-0.05, 0) is 35.4 Å². The van der Waals surface area contributed by atoms with Crippen LogP contribution in [0.15, 0.2) is 77.7 Å². The molecule has 0 aliphatic carbocycles. The monoisotopic (exact) mass is 400 g/mol. The van der Waals surface area contributed by atoms with E-state index < -0.39 is 6.09 Å². The van der Waals surface area contributed by atoms with Crippen LogP contribution in [0.4, 0.5) is 4.79 Å². The van der Waals surface area contributed by atoms with Crippen molar-refractivity contribution in [3.05, 3.63) is 100 Å². The standard InChI is InChI=1S/C23H20N4O3/c1-30-23(29)25-15-17-9-5-10-18(13-17)27-21-19(11-6-12-24-21)26-20(22(27)28)14-16-7-3-2-4-8-16/h2-13H,14-15H2,1H3,(H,25,29). The predicted molar refractivity (Wildman–Crippen MR) is 114 cm³/mol. The number of hydrogen-bond donors (Lipinski definition) is 1. The minimum Gasteiger partial charge on any atom is -0.453 e. The van der Waals surface area contributed by atoms with Crippen molar-refractivity contribution in [3.8, 4) is 5.69 Å². The molecule has 2 aromatic carbocycles. The largest absolute Gasteiger partial charge is 0.453 e. The normalized spacial score (nSPS) is 10.7. The van der Waals surface area contributed by atoms with Gasteiger partial charge >= 0.3 is 6.09 Å². The molecule has 0 spiro atoms. The van der Waals surface area contributed by atoms with Gasteiger partial charge in [0.05, 0.1) is 12.8 Å². The van der Waals surface area contributed by atoms with Crippen molar-refractivity contribution in [2.75, 3.05) is 7.11 Å². The summed E-state index contributed by atoms with van der Waals surface area (Å²) >= 11 is 0. The number of pyridine rings is 1. The van der Waals surface area contributed by atoms with Crippen LogP contribution >= 0.6 is 0 Å². The second-order valence-corrected chi connectivity index (χ2v) is 6.72. The first-order valence-corrected chi connectivity index (χ1v) is 9.47. The molecule has 0 aliphatic rings. The number of fused-ring (bicyclic) bond motifs is 1. The fourth-order valence-corrected chi connectivity index (χ4v) is 3.26. The van der Waals surface area contributed by atoms with Crippen molar-refractivity contribution >= 4 is 17.3 Å². The molecule has 4 aromatic rings. The highest BCUT2D eigenvalue weighted by molar-refractivity contribution is 5.72. The highest BCUT2D eigenvalue weighted by atomic mass is 16.5. The molecule has 150 valence electrons. The Morgan fingerprint density at radius 3 is 2.63 bits per heavy atom. The Balaban J connectivity index is 1.81. The zero-order chi connectivity index (χ0) is 20.9. The minimum absolute atomic E-state index is 0.219. The highest BCUT2D eigenvalue weighted by Crippen LogP contribution is 2.16. The first-order chi connectivity index (χ1) is 14.7. The van der Waals surface area contributed by atoms with Crippen LogP contribution in [0.5, 0.6) is 0 Å². The predicted octanol–water partition coefficient (Wildman–Crippen LogP) is 3.23. The van der Waals surface area contributed by atoms with Gasteiger partial charge in [-0.1, -0.05) is 42.5 Å². The summed E-state index contributed by atoms with van der Waals surface area (Å²) in [6, 6.07) is 20.8. The average molecular weight is 400 g/mol. The van der Waals surface area contributed by atoms with Gasteiger partial charge in [0.1, 0.15) is 11.2 Å². The summed E-state index contributed by atoms with van der Waals surface area (Å²) in [5.74, 6) is 0. The first kappa shape index (κ1) is 19.3. The molecule has 0 fully saturated rings. The number of carbonyl (C=O) groups is 1. The number of carbonyl (C=O) groups excluding carboxylic acids is 1. The van der Waals surface area contributed by atoms with Gasteiger partial charge in [0, 0.05) is 19.2 Å². The van der Waals surface area contributed by atoms with E-state index in [2.05, 4.69) is 20.0 Å². The molecule has 0 saturated heterocycles. The van der Waals surface area contributed by atoms with E-state index in [0.29, 0.717) is 29.0 Å². The van der Waals surface area contributed by atoms with Crippen molar-refractivity contribution in [3.63, 3.8) is 0 Å². The van der Waals surface area contributed by atoms with Crippen molar-refractivity contribution in [1.82, 2.24) is 19.9 Å². The molecule has 0 radical (unpaired) electrons. The molecule has 2 heterocycles. The number of methoxy groups -OCH3 is 1. The summed E-state index contributed by atoms with van der Waals surface area (Å²) in [6.07, 6.45) is 1.55. The van der Waals surface area contributed by atoms with Crippen LogP contribution in [0.2, 0.25) is 0 Å². The topological polar surface area (TPSA) is 86.1 Å². The molecule has 1 N–H and O–H groups in total. The Kier molecular flexibility index (Phi) is 5.52. The summed E-state index contributed by atoms with van der Waals surface area (Å²) < 4.78 is 6.18. The number of aromatic nitrogens is 3. The van der Waals surface area contributed by atoms with Crippen LogP contribution in [0.25, 0.3) is 16.9 Å². The second-order valence-electron chi connectivity index (χ2n) is 6.72. The maximum atomic E-state index is 13.4. The van der Waals surface area contributed by atoms with Crippen LogP contribution in [0.1, 0.15) is 16.8 Å². The van der Waals surface area contributed by atoms with E-state index in [1.807, 2.05) is 60.7 Å². The van der Waals surface area contributed by atoms with Crippen LogP contribution in [-0.4, -0.2) is 27.7 Å². The molecule has 0 aliphatic heterocycles. The zero-order valence-corrected chi connectivity index (χ0v) is 16.4. The number of ether oxygens (including phenoxy) is 1. The molecule has 30 heavy (non-hydrogen) atoms. The SMILES string of the molecule is COC(=O)NCc1cccc(-n2c(=O)c(Cc3ccccc3)nc3cccnc32)c1. The maximum Gasteiger partial charge on any atom is 0.407 e. The van der Waals surface area contributed by atoms with Crippen LogP contribution in [0.3, 0.4) is 0 Å². The molecule has 7 heteroatoms. The van der Waals surface area contributed by atoms with Gasteiger partial charge in [0.25, 0.3) is 5.56 Å². The van der Waals surface area contributed by atoms with Gasteiger partial charge in [-0.3, -0.25) is 9.36 Å². The summed E-state index contributed by atoms with van der Waals surface area (Å²) in [6.45, 7) is 0.280. The van der Waals surface area contributed by atoms with Gasteiger partial charge < -0.3 is 10.1 Å². The van der Waals surface area contributed by atoms with Crippen LogP contribution in [-0.2, 0) is 17.7 Å². The molecule has 0 bridgehead atoms. The Morgan fingerprint density at radius 1 is 1.03 bits per heavy atom. The molecule has 4 rings (SSSR count). The molecule has 0 saturated carbocycles. The summed E-state index contributed by atoms with van der Waals surface area (Å²) in [5, 5.41) is 2.65. The van der Waals surface area contributed by atoms with E-state index >= 15 is 0 Å². The lowest BCUT2D eigenvalue weighted by Gasteiger charge is -2.13. The number of amides is 1. The lowest BCUT2D eigenvalue weighted by Crippen LogP contribution is -2.26. The van der Waals surface area contributed by atoms with E-state index in [1.54, 1.807) is 16.8 Å². The minimum atomic E-state index is -0.515. The number of nitrogens with one attached hydrogen (secondary N) is 1. The molecule has 7 nitrogen and oxygen atoms in total. The van der Waals surface area contributed by atoms with Gasteiger partial charge in [0.2, 0.25) is 0 Å². The highest BCUT2D eigenvalue weighted by Gasteiger charge is 2.14. The second kappa shape index (κ2) is 8.57. The number of alkyl carbamates (subject to hydrolysis) is 1. The van der Waals surface area contributed by atoms with E-state index in [0.717, 1.165) is 11.1 Å². The fourth-order valence-electron chi connectivity index (χ4n) is 3.26. The number of hydrogen-bond acceptors (Lipinski definition) is 5. The van der Waals surface area contributed by atoms with Gasteiger partial charge in [0.15, 0.2) is 5.65 Å². The van der Waals surface area contributed by atoms with E-state index in [9.17, 15) is 9.59 Å². The molecule has 0 unspecified atom stereocenters. The van der Waals surface area contributed by atoms with Crippen molar-refractivity contribution in [1.29, 1.82) is 0 Å². The summed E-state index contributed by atoms with van der Waals surface area (Å²) in [5.41, 5.74) is 3.84. The molecular formula is C23H20N4O3. The average Bonchev–Trinajstić information content (AvgIpc) is 2.79. The smallest absolute Gasteiger partial charge is 0.407 e. The van der Waals surface area contributed by atoms with E-state index in [-0.39, 0.29) is 12.1 Å². The Labute approximate surface area is 173 Å². The Morgan fingerprint density at radius 2 is 1.83 bits per heavy atom. The van der Waals surface area contributed by atoms with Crippen molar-refractivity contribution in [2.24, 2.45) is 0 Å². The van der Waals surface area contributed by atoms with Crippen LogP contribution < -0.4 is 10.9 Å². The van der Waals surface area contributed by atoms with Gasteiger partial charge in [-0.15, -0.1) is 0 Å². The zero-order valence-electron chi connectivity index (χ0n) is 16.4.